The van der Waals surface area contributed by atoms with Crippen LogP contribution in [0.5, 0.6) is 0 Å². The summed E-state index contributed by atoms with van der Waals surface area (Å²) >= 11 is 0. The van der Waals surface area contributed by atoms with Crippen LogP contribution in [0.25, 0.3) is 0 Å². The van der Waals surface area contributed by atoms with E-state index in [9.17, 15) is 0 Å². The lowest BCUT2D eigenvalue weighted by Gasteiger charge is -2.43. The highest BCUT2D eigenvalue weighted by Gasteiger charge is 2.32. The van der Waals surface area contributed by atoms with Crippen molar-refractivity contribution in [2.75, 3.05) is 44.9 Å². The summed E-state index contributed by atoms with van der Waals surface area (Å²) in [5, 5.41) is 3.35. The van der Waals surface area contributed by atoms with Crippen molar-refractivity contribution in [3.05, 3.63) is 23.4 Å². The van der Waals surface area contributed by atoms with Crippen molar-refractivity contribution in [2.45, 2.75) is 32.9 Å². The molecule has 5 nitrogen and oxygen atoms in total. The van der Waals surface area contributed by atoms with E-state index in [1.165, 1.54) is 11.1 Å². The van der Waals surface area contributed by atoms with Crippen LogP contribution in [-0.4, -0.2) is 50.5 Å². The van der Waals surface area contributed by atoms with Gasteiger partial charge in [-0.15, -0.1) is 0 Å². The molecular formula is C16H27N3O2. The molecule has 1 aromatic rings. The molecule has 118 valence electrons. The smallest absolute Gasteiger partial charge is 0.132 e. The van der Waals surface area contributed by atoms with Crippen LogP contribution in [0.3, 0.4) is 0 Å². The molecule has 1 aromatic heterocycles. The van der Waals surface area contributed by atoms with E-state index in [0.717, 1.165) is 45.3 Å². The second-order valence-corrected chi connectivity index (χ2v) is 6.17. The summed E-state index contributed by atoms with van der Waals surface area (Å²) in [6.07, 6.45) is 1.97. The summed E-state index contributed by atoms with van der Waals surface area (Å²) in [6, 6.07) is 2.22. The first kappa shape index (κ1) is 16.2. The molecule has 2 rings (SSSR count). The molecule has 0 amide bonds. The van der Waals surface area contributed by atoms with Gasteiger partial charge >= 0.3 is 0 Å². The summed E-state index contributed by atoms with van der Waals surface area (Å²) in [4.78, 5) is 7.05. The number of rotatable bonds is 6. The van der Waals surface area contributed by atoms with Gasteiger partial charge in [0.05, 0.1) is 25.4 Å². The zero-order chi connectivity index (χ0) is 15.3. The number of anilines is 1. The largest absolute Gasteiger partial charge is 0.383 e. The van der Waals surface area contributed by atoms with Crippen LogP contribution < -0.4 is 10.2 Å². The van der Waals surface area contributed by atoms with Crippen molar-refractivity contribution in [3.8, 4) is 0 Å². The maximum Gasteiger partial charge on any atom is 0.132 e. The summed E-state index contributed by atoms with van der Waals surface area (Å²) in [7, 11) is 1.71. The van der Waals surface area contributed by atoms with E-state index in [4.69, 9.17) is 14.5 Å². The maximum absolute atomic E-state index is 5.58. The van der Waals surface area contributed by atoms with Crippen molar-refractivity contribution in [3.63, 3.8) is 0 Å². The number of hydrogen-bond donors (Lipinski definition) is 1. The van der Waals surface area contributed by atoms with E-state index >= 15 is 0 Å². The van der Waals surface area contributed by atoms with Gasteiger partial charge in [0.2, 0.25) is 0 Å². The number of aromatic nitrogens is 1. The molecular weight excluding hydrogens is 266 g/mol. The quantitative estimate of drug-likeness (QED) is 0.810. The average molecular weight is 293 g/mol. The molecule has 0 spiro atoms. The molecule has 0 bridgehead atoms. The molecule has 1 saturated heterocycles. The van der Waals surface area contributed by atoms with Crippen LogP contribution in [0.4, 0.5) is 5.82 Å². The van der Waals surface area contributed by atoms with Gasteiger partial charge in [-0.1, -0.05) is 0 Å². The molecule has 0 radical (unpaired) electrons. The number of aryl methyl sites for hydroxylation is 1. The van der Waals surface area contributed by atoms with Crippen LogP contribution in [0.2, 0.25) is 0 Å². The second-order valence-electron chi connectivity index (χ2n) is 6.17. The van der Waals surface area contributed by atoms with Gasteiger partial charge in [-0.2, -0.15) is 0 Å². The standard InChI is InChI=1S/C16H27N3O2/c1-13-9-14(10-17-5-7-20-4)11-18-15(13)19-6-8-21-12-16(19,2)3/h9,11,17H,5-8,10,12H2,1-4H3. The molecule has 0 aliphatic carbocycles. The topological polar surface area (TPSA) is 46.6 Å². The number of ether oxygens (including phenoxy) is 2. The Morgan fingerprint density at radius 3 is 2.95 bits per heavy atom. The maximum atomic E-state index is 5.58. The number of morpholine rings is 1. The van der Waals surface area contributed by atoms with Crippen LogP contribution >= 0.6 is 0 Å². The van der Waals surface area contributed by atoms with E-state index in [2.05, 4.69) is 37.1 Å². The fraction of sp³-hybridized carbons (Fsp3) is 0.688. The third-order valence-electron chi connectivity index (χ3n) is 3.82. The number of pyridine rings is 1. The molecule has 2 heterocycles. The van der Waals surface area contributed by atoms with Gasteiger partial charge in [0.15, 0.2) is 0 Å². The van der Waals surface area contributed by atoms with Crippen LogP contribution in [0.1, 0.15) is 25.0 Å². The minimum absolute atomic E-state index is 0.00571. The SMILES string of the molecule is COCCNCc1cnc(N2CCOCC2(C)C)c(C)c1. The molecule has 1 aliphatic heterocycles. The van der Waals surface area contributed by atoms with E-state index < -0.39 is 0 Å². The zero-order valence-corrected chi connectivity index (χ0v) is 13.6. The second kappa shape index (κ2) is 7.20. The Balaban J connectivity index is 2.04. The fourth-order valence-electron chi connectivity index (χ4n) is 2.66. The van der Waals surface area contributed by atoms with Gasteiger partial charge in [0, 0.05) is 32.9 Å². The molecule has 1 aliphatic rings. The molecule has 1 N–H and O–H groups in total. The van der Waals surface area contributed by atoms with Crippen molar-refractivity contribution in [1.29, 1.82) is 0 Å². The lowest BCUT2D eigenvalue weighted by molar-refractivity contribution is 0.0638. The van der Waals surface area contributed by atoms with Gasteiger partial charge in [-0.05, 0) is 38.0 Å². The molecule has 1 fully saturated rings. The number of nitrogens with one attached hydrogen (secondary N) is 1. The molecule has 5 heteroatoms. The molecule has 0 unspecified atom stereocenters. The highest BCUT2D eigenvalue weighted by molar-refractivity contribution is 5.50. The Morgan fingerprint density at radius 2 is 2.29 bits per heavy atom. The zero-order valence-electron chi connectivity index (χ0n) is 13.6. The van der Waals surface area contributed by atoms with Gasteiger partial charge < -0.3 is 19.7 Å². The minimum Gasteiger partial charge on any atom is -0.383 e. The Labute approximate surface area is 127 Å². The van der Waals surface area contributed by atoms with E-state index in [0.29, 0.717) is 0 Å². The van der Waals surface area contributed by atoms with Gasteiger partial charge in [-0.25, -0.2) is 4.98 Å². The third kappa shape index (κ3) is 4.15. The minimum atomic E-state index is -0.00571. The van der Waals surface area contributed by atoms with E-state index in [1.54, 1.807) is 7.11 Å². The molecule has 21 heavy (non-hydrogen) atoms. The van der Waals surface area contributed by atoms with Crippen LogP contribution in [0, 0.1) is 6.92 Å². The lowest BCUT2D eigenvalue weighted by atomic mass is 10.0. The molecule has 0 atom stereocenters. The van der Waals surface area contributed by atoms with Crippen molar-refractivity contribution in [1.82, 2.24) is 10.3 Å². The summed E-state index contributed by atoms with van der Waals surface area (Å²) in [5.41, 5.74) is 2.42. The van der Waals surface area contributed by atoms with Crippen molar-refractivity contribution < 1.29 is 9.47 Å². The van der Waals surface area contributed by atoms with Gasteiger partial charge in [-0.3, -0.25) is 0 Å². The molecule has 0 saturated carbocycles. The average Bonchev–Trinajstić information content (AvgIpc) is 2.44. The summed E-state index contributed by atoms with van der Waals surface area (Å²) in [6.45, 7) is 11.4. The highest BCUT2D eigenvalue weighted by Crippen LogP contribution is 2.28. The Morgan fingerprint density at radius 1 is 1.48 bits per heavy atom. The van der Waals surface area contributed by atoms with Crippen LogP contribution in [-0.2, 0) is 16.0 Å². The van der Waals surface area contributed by atoms with Crippen LogP contribution in [0.15, 0.2) is 12.3 Å². The van der Waals surface area contributed by atoms with E-state index in [1.807, 2.05) is 6.20 Å². The first-order chi connectivity index (χ1) is 10.0. The highest BCUT2D eigenvalue weighted by atomic mass is 16.5. The first-order valence-corrected chi connectivity index (χ1v) is 7.55. The Bertz CT molecular complexity index is 463. The van der Waals surface area contributed by atoms with E-state index in [-0.39, 0.29) is 5.54 Å². The number of nitrogens with zero attached hydrogens (tertiary/aromatic N) is 2. The summed E-state index contributed by atoms with van der Waals surface area (Å²) in [5.74, 6) is 1.07. The predicted molar refractivity (Wildman–Crippen MR) is 84.8 cm³/mol. The van der Waals surface area contributed by atoms with Gasteiger partial charge in [0.1, 0.15) is 5.82 Å². The third-order valence-corrected chi connectivity index (χ3v) is 3.82. The van der Waals surface area contributed by atoms with Crippen molar-refractivity contribution >= 4 is 5.82 Å². The Hall–Kier alpha value is -1.17. The van der Waals surface area contributed by atoms with Gasteiger partial charge in [0.25, 0.3) is 0 Å². The fourth-order valence-corrected chi connectivity index (χ4v) is 2.66. The monoisotopic (exact) mass is 293 g/mol. The number of hydrogen-bond acceptors (Lipinski definition) is 5. The number of methoxy groups -OCH3 is 1. The Kier molecular flexibility index (Phi) is 5.56. The summed E-state index contributed by atoms with van der Waals surface area (Å²) < 4.78 is 10.6. The molecule has 0 aromatic carbocycles. The normalized spacial score (nSPS) is 18.0. The van der Waals surface area contributed by atoms with Crippen molar-refractivity contribution in [2.24, 2.45) is 0 Å². The predicted octanol–water partition coefficient (Wildman–Crippen LogP) is 1.74. The lowest BCUT2D eigenvalue weighted by Crippen LogP contribution is -2.53. The first-order valence-electron chi connectivity index (χ1n) is 7.55.